The van der Waals surface area contributed by atoms with Crippen LogP contribution in [-0.4, -0.2) is 26.6 Å². The number of aliphatic carboxylic acids is 1. The monoisotopic (exact) mass is 188 g/mol. The van der Waals surface area contributed by atoms with E-state index in [0.717, 1.165) is 0 Å². The van der Waals surface area contributed by atoms with Gasteiger partial charge in [0.25, 0.3) is 0 Å². The number of rotatable bonds is 3. The Morgan fingerprint density at radius 3 is 2.22 bits per heavy atom. The Hall–Kier alpha value is 0.390. The molecule has 4 nitrogen and oxygen atoms in total. The first-order valence-electron chi connectivity index (χ1n) is 1.84. The van der Waals surface area contributed by atoms with Crippen LogP contribution < -0.4 is 0 Å². The first-order chi connectivity index (χ1) is 3.92. The highest BCUT2D eigenvalue weighted by atomic mass is 32.9. The Morgan fingerprint density at radius 2 is 2.11 bits per heavy atom. The topological polar surface area (TPSA) is 77.8 Å². The summed E-state index contributed by atoms with van der Waals surface area (Å²) in [4.78, 5) is 26.7. The van der Waals surface area contributed by atoms with E-state index in [1.165, 1.54) is 0 Å². The summed E-state index contributed by atoms with van der Waals surface area (Å²) in [7, 11) is 0. The van der Waals surface area contributed by atoms with Gasteiger partial charge < -0.3 is 14.9 Å². The van der Waals surface area contributed by atoms with Crippen molar-refractivity contribution in [1.29, 1.82) is 0 Å². The lowest BCUT2D eigenvalue weighted by atomic mass is 10.8. The zero-order valence-corrected chi connectivity index (χ0v) is 6.75. The molecule has 0 aliphatic heterocycles. The van der Waals surface area contributed by atoms with Crippen LogP contribution >= 0.6 is 17.1 Å². The van der Waals surface area contributed by atoms with E-state index in [2.05, 4.69) is 11.8 Å². The van der Waals surface area contributed by atoms with Crippen molar-refractivity contribution >= 4 is 34.9 Å². The molecule has 9 heavy (non-hydrogen) atoms. The van der Waals surface area contributed by atoms with Gasteiger partial charge in [-0.25, -0.2) is 0 Å². The van der Waals surface area contributed by atoms with Crippen molar-refractivity contribution in [2.45, 2.75) is 0 Å². The van der Waals surface area contributed by atoms with Gasteiger partial charge in [0.2, 0.25) is 5.69 Å². The summed E-state index contributed by atoms with van der Waals surface area (Å²) in [5, 5.41) is 8.01. The second kappa shape index (κ2) is 3.53. The number of carboxylic acids is 1. The van der Waals surface area contributed by atoms with Crippen LogP contribution in [0, 0.1) is 0 Å². The van der Waals surface area contributed by atoms with Crippen LogP contribution in [0.4, 0.5) is 0 Å². The Kier molecular flexibility index (Phi) is 3.68. The first kappa shape index (κ1) is 9.39. The Labute approximate surface area is 60.8 Å². The fourth-order valence-electron chi connectivity index (χ4n) is 0.139. The van der Waals surface area contributed by atoms with Crippen molar-refractivity contribution in [3.05, 3.63) is 0 Å². The van der Waals surface area contributed by atoms with Crippen molar-refractivity contribution in [3.8, 4) is 0 Å². The van der Waals surface area contributed by atoms with Crippen LogP contribution in [0.25, 0.3) is 0 Å². The third-order valence-corrected chi connectivity index (χ3v) is 3.41. The molecule has 7 heteroatoms. The molecule has 0 rings (SSSR count). The van der Waals surface area contributed by atoms with Crippen molar-refractivity contribution < 1.29 is 19.7 Å². The van der Waals surface area contributed by atoms with Crippen LogP contribution in [0.2, 0.25) is 0 Å². The number of carbonyl (C=O) groups is 1. The summed E-state index contributed by atoms with van der Waals surface area (Å²) in [6, 6.07) is 0. The molecule has 0 heterocycles. The molecule has 0 amide bonds. The maximum Gasteiger partial charge on any atom is 0.314 e. The molecule has 0 spiro atoms. The lowest BCUT2D eigenvalue weighted by molar-refractivity contribution is -0.133. The summed E-state index contributed by atoms with van der Waals surface area (Å²) in [6.45, 7) is 0. The predicted octanol–water partition coefficient (Wildman–Crippen LogP) is 0.0133. The maximum absolute atomic E-state index is 9.77. The van der Waals surface area contributed by atoms with Gasteiger partial charge in [0.1, 0.15) is 5.75 Å². The minimum Gasteiger partial charge on any atom is -0.481 e. The second-order valence-corrected chi connectivity index (χ2v) is 7.21. The van der Waals surface area contributed by atoms with E-state index in [9.17, 15) is 4.79 Å². The van der Waals surface area contributed by atoms with Crippen LogP contribution in [0.1, 0.15) is 0 Å². The normalized spacial score (nSPS) is 11.3. The van der Waals surface area contributed by atoms with Gasteiger partial charge in [-0.05, 0) is 11.8 Å². The van der Waals surface area contributed by atoms with E-state index < -0.39 is 11.7 Å². The molecular weight excluding hydrogens is 183 g/mol. The minimum absolute atomic E-state index is 0.357. The fourth-order valence-corrected chi connectivity index (χ4v) is 1.73. The van der Waals surface area contributed by atoms with Gasteiger partial charge in [-0.15, -0.1) is 0 Å². The smallest absolute Gasteiger partial charge is 0.314 e. The maximum atomic E-state index is 9.77. The van der Waals surface area contributed by atoms with Crippen LogP contribution in [0.5, 0.6) is 0 Å². The molecule has 0 atom stereocenters. The SMILES string of the molecule is O=C(O)CSP(O)(O)=S. The average molecular weight is 188 g/mol. The summed E-state index contributed by atoms with van der Waals surface area (Å²) in [5.41, 5.74) is -3.35. The van der Waals surface area contributed by atoms with Crippen LogP contribution in [-0.2, 0) is 16.6 Å². The molecule has 0 aliphatic carbocycles. The molecule has 3 N–H and O–H groups in total. The summed E-state index contributed by atoms with van der Waals surface area (Å²) in [5.74, 6) is -1.46. The number of hydrogen-bond donors (Lipinski definition) is 3. The molecule has 54 valence electrons. The highest BCUT2D eigenvalue weighted by Gasteiger charge is 2.09. The molecule has 0 fully saturated rings. The highest BCUT2D eigenvalue weighted by molar-refractivity contribution is 8.67. The van der Waals surface area contributed by atoms with Gasteiger partial charge in [0.15, 0.2) is 0 Å². The molecule has 0 radical (unpaired) electrons. The van der Waals surface area contributed by atoms with Crippen molar-refractivity contribution in [1.82, 2.24) is 0 Å². The summed E-state index contributed by atoms with van der Waals surface area (Å²) < 4.78 is 0. The minimum atomic E-state index is -3.35. The first-order valence-corrected chi connectivity index (χ1v) is 6.13. The third-order valence-electron chi connectivity index (χ3n) is 0.356. The zero-order chi connectivity index (χ0) is 7.49. The summed E-state index contributed by atoms with van der Waals surface area (Å²) in [6.07, 6.45) is 0. The molecular formula is C2H5O4PS2. The van der Waals surface area contributed by atoms with E-state index >= 15 is 0 Å². The Morgan fingerprint density at radius 1 is 1.67 bits per heavy atom. The highest BCUT2D eigenvalue weighted by Crippen LogP contribution is 2.50. The van der Waals surface area contributed by atoms with Gasteiger partial charge in [0, 0.05) is 0 Å². The molecule has 0 aromatic rings. The lowest BCUT2D eigenvalue weighted by Crippen LogP contribution is -1.96. The van der Waals surface area contributed by atoms with E-state index in [-0.39, 0.29) is 5.75 Å². The van der Waals surface area contributed by atoms with Crippen LogP contribution in [0.3, 0.4) is 0 Å². The Balaban J connectivity index is 3.53. The standard InChI is InChI=1S/C2H5O4PS2/c3-2(4)1-9-7(5,6)8/h1H2,(H,3,4)(H2,5,6,8). The largest absolute Gasteiger partial charge is 0.481 e. The molecule has 0 bridgehead atoms. The van der Waals surface area contributed by atoms with Gasteiger partial charge in [-0.3, -0.25) is 4.79 Å². The molecule has 0 unspecified atom stereocenters. The number of carboxylic acid groups (broad SMARTS) is 1. The van der Waals surface area contributed by atoms with Crippen molar-refractivity contribution in [2.24, 2.45) is 0 Å². The van der Waals surface area contributed by atoms with Crippen molar-refractivity contribution in [2.75, 3.05) is 5.75 Å². The summed E-state index contributed by atoms with van der Waals surface area (Å²) >= 11 is 4.60. The quantitative estimate of drug-likeness (QED) is 0.542. The zero-order valence-electron chi connectivity index (χ0n) is 4.22. The second-order valence-electron chi connectivity index (χ2n) is 1.16. The molecule has 0 saturated carbocycles. The molecule has 0 aliphatic rings. The average Bonchev–Trinajstić information content (AvgIpc) is 1.59. The number of hydrogen-bond acceptors (Lipinski definition) is 3. The van der Waals surface area contributed by atoms with Gasteiger partial charge in [-0.2, -0.15) is 0 Å². The molecule has 0 aromatic heterocycles. The lowest BCUT2D eigenvalue weighted by Gasteiger charge is -2.01. The van der Waals surface area contributed by atoms with Gasteiger partial charge in [0.05, 0.1) is 0 Å². The van der Waals surface area contributed by atoms with Crippen LogP contribution in [0.15, 0.2) is 0 Å². The molecule has 0 saturated heterocycles. The van der Waals surface area contributed by atoms with E-state index in [0.29, 0.717) is 11.4 Å². The predicted molar refractivity (Wildman–Crippen MR) is 38.8 cm³/mol. The van der Waals surface area contributed by atoms with Crippen molar-refractivity contribution in [3.63, 3.8) is 0 Å². The van der Waals surface area contributed by atoms with E-state index in [4.69, 9.17) is 14.9 Å². The van der Waals surface area contributed by atoms with Gasteiger partial charge >= 0.3 is 5.97 Å². The third kappa shape index (κ3) is 8.39. The van der Waals surface area contributed by atoms with E-state index in [1.807, 2.05) is 0 Å². The molecule has 0 aromatic carbocycles. The fraction of sp³-hybridized carbons (Fsp3) is 0.500. The Bertz CT molecular complexity index is 151. The van der Waals surface area contributed by atoms with Gasteiger partial charge in [-0.1, -0.05) is 11.4 Å². The van der Waals surface area contributed by atoms with E-state index in [1.54, 1.807) is 0 Å².